The number of hydrogen-bond donors (Lipinski definition) is 2. The van der Waals surface area contributed by atoms with E-state index in [1.807, 2.05) is 19.9 Å². The molecular weight excluding hydrogens is 296 g/mol. The van der Waals surface area contributed by atoms with Gasteiger partial charge < -0.3 is 15.8 Å². The first-order chi connectivity index (χ1) is 8.43. The minimum Gasteiger partial charge on any atom is -0.398 e. The number of nitrogens with one attached hydrogen (secondary N) is 1. The first-order valence-corrected chi connectivity index (χ1v) is 6.61. The molecule has 5 heteroatoms. The average molecular weight is 315 g/mol. The van der Waals surface area contributed by atoms with Crippen molar-refractivity contribution in [3.63, 3.8) is 0 Å². The minimum atomic E-state index is -0.0390. The number of nitrogen functional groups attached to an aromatic ring is 1. The number of nitrogens with two attached hydrogens (primary N) is 1. The van der Waals surface area contributed by atoms with Crippen molar-refractivity contribution in [3.05, 3.63) is 22.2 Å². The van der Waals surface area contributed by atoms with E-state index in [0.29, 0.717) is 24.2 Å². The van der Waals surface area contributed by atoms with Gasteiger partial charge in [0.2, 0.25) is 5.91 Å². The number of halogens is 1. The van der Waals surface area contributed by atoms with Gasteiger partial charge in [-0.05, 0) is 53.9 Å². The number of benzene rings is 1. The van der Waals surface area contributed by atoms with Crippen molar-refractivity contribution < 1.29 is 9.53 Å². The number of anilines is 2. The van der Waals surface area contributed by atoms with Crippen molar-refractivity contribution >= 4 is 33.2 Å². The molecule has 1 unspecified atom stereocenters. The molecule has 100 valence electrons. The zero-order valence-electron chi connectivity index (χ0n) is 10.9. The summed E-state index contributed by atoms with van der Waals surface area (Å²) in [6.45, 7) is 3.86. The zero-order chi connectivity index (χ0) is 13.7. The Kier molecular flexibility index (Phi) is 5.62. The van der Waals surface area contributed by atoms with Crippen LogP contribution in [0.2, 0.25) is 0 Å². The maximum Gasteiger partial charge on any atom is 0.224 e. The Morgan fingerprint density at radius 2 is 2.22 bits per heavy atom. The lowest BCUT2D eigenvalue weighted by atomic mass is 10.1. The summed E-state index contributed by atoms with van der Waals surface area (Å²) >= 11 is 3.41. The minimum absolute atomic E-state index is 0.0390. The van der Waals surface area contributed by atoms with Crippen LogP contribution in [0.4, 0.5) is 11.4 Å². The van der Waals surface area contributed by atoms with Crippen molar-refractivity contribution in [2.24, 2.45) is 0 Å². The monoisotopic (exact) mass is 314 g/mol. The molecule has 3 N–H and O–H groups in total. The molecule has 0 aliphatic rings. The number of amides is 1. The largest absolute Gasteiger partial charge is 0.398 e. The van der Waals surface area contributed by atoms with Crippen LogP contribution in [0.25, 0.3) is 0 Å². The Morgan fingerprint density at radius 1 is 1.56 bits per heavy atom. The van der Waals surface area contributed by atoms with E-state index in [1.54, 1.807) is 13.2 Å². The van der Waals surface area contributed by atoms with Crippen LogP contribution in [0.1, 0.15) is 25.3 Å². The molecule has 4 nitrogen and oxygen atoms in total. The maximum atomic E-state index is 11.8. The number of methoxy groups -OCH3 is 1. The second-order valence-corrected chi connectivity index (χ2v) is 5.18. The van der Waals surface area contributed by atoms with Gasteiger partial charge >= 0.3 is 0 Å². The molecular formula is C13H19BrN2O2. The summed E-state index contributed by atoms with van der Waals surface area (Å²) in [4.78, 5) is 11.8. The van der Waals surface area contributed by atoms with Crippen molar-refractivity contribution in [1.82, 2.24) is 0 Å². The van der Waals surface area contributed by atoms with Crippen LogP contribution in [-0.2, 0) is 9.53 Å². The average Bonchev–Trinajstić information content (AvgIpc) is 2.33. The van der Waals surface area contributed by atoms with Gasteiger partial charge in [-0.25, -0.2) is 0 Å². The molecule has 0 saturated carbocycles. The highest BCUT2D eigenvalue weighted by Crippen LogP contribution is 2.27. The Hall–Kier alpha value is -1.07. The van der Waals surface area contributed by atoms with E-state index in [1.165, 1.54) is 0 Å². The van der Waals surface area contributed by atoms with Crippen molar-refractivity contribution in [3.8, 4) is 0 Å². The Bertz CT molecular complexity index is 435. The smallest absolute Gasteiger partial charge is 0.224 e. The van der Waals surface area contributed by atoms with Gasteiger partial charge in [0, 0.05) is 23.7 Å². The van der Waals surface area contributed by atoms with Crippen molar-refractivity contribution in [1.29, 1.82) is 0 Å². The molecule has 0 radical (unpaired) electrons. The highest BCUT2D eigenvalue weighted by molar-refractivity contribution is 9.10. The van der Waals surface area contributed by atoms with Crippen molar-refractivity contribution in [2.45, 2.75) is 32.8 Å². The summed E-state index contributed by atoms with van der Waals surface area (Å²) in [5, 5.41) is 2.84. The summed E-state index contributed by atoms with van der Waals surface area (Å²) in [5.41, 5.74) is 8.16. The number of carbonyl (C=O) groups is 1. The molecule has 0 fully saturated rings. The quantitative estimate of drug-likeness (QED) is 0.821. The highest BCUT2D eigenvalue weighted by Gasteiger charge is 2.09. The van der Waals surface area contributed by atoms with Gasteiger partial charge in [-0.1, -0.05) is 0 Å². The molecule has 1 atom stereocenters. The van der Waals surface area contributed by atoms with Gasteiger partial charge in [0.25, 0.3) is 0 Å². The number of rotatable bonds is 5. The Morgan fingerprint density at radius 3 is 2.83 bits per heavy atom. The van der Waals surface area contributed by atoms with E-state index >= 15 is 0 Å². The molecule has 1 rings (SSSR count). The lowest BCUT2D eigenvalue weighted by molar-refractivity contribution is -0.116. The Labute approximate surface area is 116 Å². The molecule has 1 amide bonds. The van der Waals surface area contributed by atoms with E-state index in [2.05, 4.69) is 21.2 Å². The molecule has 0 saturated heterocycles. The molecule has 0 aromatic heterocycles. The fourth-order valence-electron chi connectivity index (χ4n) is 1.45. The second kappa shape index (κ2) is 6.75. The summed E-state index contributed by atoms with van der Waals surface area (Å²) in [7, 11) is 1.64. The summed E-state index contributed by atoms with van der Waals surface area (Å²) in [6.07, 6.45) is 1.21. The van der Waals surface area contributed by atoms with E-state index in [9.17, 15) is 4.79 Å². The summed E-state index contributed by atoms with van der Waals surface area (Å²) < 4.78 is 5.94. The maximum absolute atomic E-state index is 11.8. The zero-order valence-corrected chi connectivity index (χ0v) is 12.5. The molecule has 1 aromatic rings. The van der Waals surface area contributed by atoms with Crippen LogP contribution >= 0.6 is 15.9 Å². The van der Waals surface area contributed by atoms with Gasteiger partial charge in [0.05, 0.1) is 11.8 Å². The Balaban J connectivity index is 2.62. The molecule has 0 bridgehead atoms. The SMILES string of the molecule is COC(C)CCC(=O)Nc1cc(N)c(C)cc1Br. The number of ether oxygens (including phenoxy) is 1. The van der Waals surface area contributed by atoms with Crippen molar-refractivity contribution in [2.75, 3.05) is 18.2 Å². The summed E-state index contributed by atoms with van der Waals surface area (Å²) in [5.74, 6) is -0.0390. The second-order valence-electron chi connectivity index (χ2n) is 4.32. The fraction of sp³-hybridized carbons (Fsp3) is 0.462. The third-order valence-corrected chi connectivity index (χ3v) is 3.47. The molecule has 1 aromatic carbocycles. The normalized spacial score (nSPS) is 12.2. The number of carbonyl (C=O) groups excluding carboxylic acids is 1. The van der Waals surface area contributed by atoms with Gasteiger partial charge in [0.1, 0.15) is 0 Å². The van der Waals surface area contributed by atoms with Crippen LogP contribution in [0.5, 0.6) is 0 Å². The van der Waals surface area contributed by atoms with Gasteiger partial charge in [-0.15, -0.1) is 0 Å². The standard InChI is InChI=1S/C13H19BrN2O2/c1-8-6-10(14)12(7-11(8)15)16-13(17)5-4-9(2)18-3/h6-7,9H,4-5,15H2,1-3H3,(H,16,17). The predicted octanol–water partition coefficient (Wildman–Crippen LogP) is 3.09. The highest BCUT2D eigenvalue weighted by atomic mass is 79.9. The number of hydrogen-bond acceptors (Lipinski definition) is 3. The topological polar surface area (TPSA) is 64.3 Å². The van der Waals surface area contributed by atoms with Crippen LogP contribution in [0.3, 0.4) is 0 Å². The van der Waals surface area contributed by atoms with E-state index in [0.717, 1.165) is 10.0 Å². The lowest BCUT2D eigenvalue weighted by Crippen LogP contribution is -2.15. The van der Waals surface area contributed by atoms with E-state index in [4.69, 9.17) is 10.5 Å². The molecule has 0 spiro atoms. The van der Waals surface area contributed by atoms with Crippen LogP contribution in [0, 0.1) is 6.92 Å². The van der Waals surface area contributed by atoms with Gasteiger partial charge in [-0.3, -0.25) is 4.79 Å². The van der Waals surface area contributed by atoms with Crippen LogP contribution in [-0.4, -0.2) is 19.1 Å². The first kappa shape index (κ1) is 15.0. The number of aryl methyl sites for hydroxylation is 1. The third-order valence-electron chi connectivity index (χ3n) is 2.81. The van der Waals surface area contributed by atoms with Crippen LogP contribution < -0.4 is 11.1 Å². The molecule has 0 aliphatic carbocycles. The lowest BCUT2D eigenvalue weighted by Gasteiger charge is -2.12. The molecule has 18 heavy (non-hydrogen) atoms. The van der Waals surface area contributed by atoms with Gasteiger partial charge in [-0.2, -0.15) is 0 Å². The van der Waals surface area contributed by atoms with E-state index < -0.39 is 0 Å². The first-order valence-electron chi connectivity index (χ1n) is 5.82. The van der Waals surface area contributed by atoms with Crippen LogP contribution in [0.15, 0.2) is 16.6 Å². The fourth-order valence-corrected chi connectivity index (χ4v) is 2.01. The van der Waals surface area contributed by atoms with Gasteiger partial charge in [0.15, 0.2) is 0 Å². The summed E-state index contributed by atoms with van der Waals surface area (Å²) in [6, 6.07) is 3.65. The third kappa shape index (κ3) is 4.31. The van der Waals surface area contributed by atoms with E-state index in [-0.39, 0.29) is 12.0 Å². The predicted molar refractivity (Wildman–Crippen MR) is 77.6 cm³/mol. The molecule has 0 heterocycles. The molecule has 0 aliphatic heterocycles.